The molecule has 1 N–H and O–H groups in total. The lowest BCUT2D eigenvalue weighted by Crippen LogP contribution is -2.55. The third-order valence-corrected chi connectivity index (χ3v) is 1.95. The van der Waals surface area contributed by atoms with Crippen LogP contribution in [-0.2, 0) is 0 Å². The van der Waals surface area contributed by atoms with E-state index in [-0.39, 0.29) is 0 Å². The molecule has 0 aliphatic carbocycles. The number of aliphatic hydroxyl groups excluding tert-OH is 1. The first kappa shape index (κ1) is 8.94. The van der Waals surface area contributed by atoms with Crippen molar-refractivity contribution in [2.45, 2.75) is 20.0 Å². The maximum Gasteiger partial charge on any atom is 0.117 e. The number of β-amino-alcohol motifs (C(OH)–C–C–N with tert-alkyl or cyclic N) is 1. The van der Waals surface area contributed by atoms with Gasteiger partial charge in [0.05, 0.1) is 6.10 Å². The van der Waals surface area contributed by atoms with Crippen molar-refractivity contribution < 1.29 is 9.50 Å². The fourth-order valence-corrected chi connectivity index (χ4v) is 1.64. The summed E-state index contributed by atoms with van der Waals surface area (Å²) in [6, 6.07) is 0. The molecular weight excluding hydrogens is 145 g/mol. The predicted octanol–water partition coefficient (Wildman–Crippen LogP) is 0.659. The van der Waals surface area contributed by atoms with Crippen LogP contribution < -0.4 is 0 Å². The second kappa shape index (κ2) is 3.07. The van der Waals surface area contributed by atoms with Crippen LogP contribution in [0.5, 0.6) is 0 Å². The number of alkyl halides is 1. The molecule has 0 bridgehead atoms. The van der Waals surface area contributed by atoms with Crippen molar-refractivity contribution in [3.05, 3.63) is 0 Å². The number of halogens is 1. The van der Waals surface area contributed by atoms with Gasteiger partial charge in [0, 0.05) is 19.6 Å². The number of hydrogen-bond acceptors (Lipinski definition) is 2. The molecule has 0 radical (unpaired) electrons. The van der Waals surface area contributed by atoms with E-state index in [0.717, 1.165) is 13.1 Å². The highest BCUT2D eigenvalue weighted by Crippen LogP contribution is 2.28. The maximum atomic E-state index is 11.8. The zero-order valence-electron chi connectivity index (χ0n) is 7.18. The summed E-state index contributed by atoms with van der Waals surface area (Å²) in [5, 5.41) is 8.95. The molecule has 3 heteroatoms. The van der Waals surface area contributed by atoms with Gasteiger partial charge in [-0.25, -0.2) is 4.39 Å². The van der Waals surface area contributed by atoms with Crippen LogP contribution in [0.4, 0.5) is 4.39 Å². The molecule has 1 aliphatic rings. The average Bonchev–Trinajstić information content (AvgIpc) is 1.83. The second-order valence-corrected chi connectivity index (χ2v) is 4.14. The lowest BCUT2D eigenvalue weighted by Gasteiger charge is -2.46. The van der Waals surface area contributed by atoms with Gasteiger partial charge in [0.15, 0.2) is 0 Å². The lowest BCUT2D eigenvalue weighted by molar-refractivity contribution is -0.0105. The van der Waals surface area contributed by atoms with E-state index in [9.17, 15) is 4.39 Å². The van der Waals surface area contributed by atoms with E-state index in [0.29, 0.717) is 12.0 Å². The van der Waals surface area contributed by atoms with Gasteiger partial charge in [-0.3, -0.25) is 4.90 Å². The molecule has 1 atom stereocenters. The second-order valence-electron chi connectivity index (χ2n) is 4.14. The lowest BCUT2D eigenvalue weighted by atomic mass is 9.84. The van der Waals surface area contributed by atoms with E-state index in [1.54, 1.807) is 0 Å². The van der Waals surface area contributed by atoms with Crippen LogP contribution in [0.25, 0.3) is 0 Å². The summed E-state index contributed by atoms with van der Waals surface area (Å²) in [7, 11) is 0. The normalized spacial score (nSPS) is 26.2. The van der Waals surface area contributed by atoms with Crippen LogP contribution in [0, 0.1) is 5.41 Å². The first-order valence-corrected chi connectivity index (χ1v) is 4.00. The zero-order valence-corrected chi connectivity index (χ0v) is 7.18. The van der Waals surface area contributed by atoms with E-state index in [1.807, 2.05) is 0 Å². The van der Waals surface area contributed by atoms with E-state index in [2.05, 4.69) is 18.7 Å². The van der Waals surface area contributed by atoms with Crippen LogP contribution >= 0.6 is 0 Å². The monoisotopic (exact) mass is 161 g/mol. The van der Waals surface area contributed by atoms with Gasteiger partial charge >= 0.3 is 0 Å². The minimum Gasteiger partial charge on any atom is -0.389 e. The van der Waals surface area contributed by atoms with Crippen molar-refractivity contribution in [3.63, 3.8) is 0 Å². The highest BCUT2D eigenvalue weighted by Gasteiger charge is 2.34. The predicted molar refractivity (Wildman–Crippen MR) is 42.2 cm³/mol. The van der Waals surface area contributed by atoms with Gasteiger partial charge in [-0.2, -0.15) is 0 Å². The van der Waals surface area contributed by atoms with Gasteiger partial charge in [-0.05, 0) is 5.41 Å². The Balaban J connectivity index is 2.13. The number of likely N-dealkylation sites (tertiary alicyclic amines) is 1. The van der Waals surface area contributed by atoms with Crippen LogP contribution in [0.1, 0.15) is 13.8 Å². The molecule has 1 saturated heterocycles. The molecule has 0 aromatic rings. The zero-order chi connectivity index (χ0) is 8.48. The van der Waals surface area contributed by atoms with Crippen molar-refractivity contribution in [1.29, 1.82) is 0 Å². The van der Waals surface area contributed by atoms with Gasteiger partial charge < -0.3 is 5.11 Å². The largest absolute Gasteiger partial charge is 0.389 e. The van der Waals surface area contributed by atoms with Crippen LogP contribution in [0.15, 0.2) is 0 Å². The SMILES string of the molecule is CC1(C)CN(CC(O)CF)C1. The van der Waals surface area contributed by atoms with E-state index in [1.165, 1.54) is 0 Å². The molecule has 1 fully saturated rings. The Morgan fingerprint density at radius 1 is 1.55 bits per heavy atom. The Morgan fingerprint density at radius 3 is 2.45 bits per heavy atom. The summed E-state index contributed by atoms with van der Waals surface area (Å²) in [6.45, 7) is 6.15. The van der Waals surface area contributed by atoms with Crippen LogP contribution in [0.2, 0.25) is 0 Å². The van der Waals surface area contributed by atoms with Crippen molar-refractivity contribution in [2.75, 3.05) is 26.3 Å². The molecule has 1 rings (SSSR count). The minimum absolute atomic E-state index is 0.371. The molecule has 0 aromatic heterocycles. The van der Waals surface area contributed by atoms with Crippen LogP contribution in [-0.4, -0.2) is 42.4 Å². The van der Waals surface area contributed by atoms with Crippen molar-refractivity contribution in [2.24, 2.45) is 5.41 Å². The number of nitrogens with zero attached hydrogens (tertiary/aromatic N) is 1. The Hall–Kier alpha value is -0.150. The third-order valence-electron chi connectivity index (χ3n) is 1.95. The summed E-state index contributed by atoms with van der Waals surface area (Å²) in [5.74, 6) is 0. The van der Waals surface area contributed by atoms with Crippen molar-refractivity contribution >= 4 is 0 Å². The topological polar surface area (TPSA) is 23.5 Å². The summed E-state index contributed by atoms with van der Waals surface area (Å²) >= 11 is 0. The quantitative estimate of drug-likeness (QED) is 0.657. The molecule has 0 spiro atoms. The first-order chi connectivity index (χ1) is 5.03. The molecule has 0 aromatic carbocycles. The van der Waals surface area contributed by atoms with E-state index >= 15 is 0 Å². The van der Waals surface area contributed by atoms with Crippen LogP contribution in [0.3, 0.4) is 0 Å². The van der Waals surface area contributed by atoms with Gasteiger partial charge in [-0.15, -0.1) is 0 Å². The van der Waals surface area contributed by atoms with Gasteiger partial charge in [0.25, 0.3) is 0 Å². The third kappa shape index (κ3) is 2.42. The first-order valence-electron chi connectivity index (χ1n) is 4.00. The molecule has 0 amide bonds. The smallest absolute Gasteiger partial charge is 0.117 e. The van der Waals surface area contributed by atoms with Gasteiger partial charge in [0.2, 0.25) is 0 Å². The highest BCUT2D eigenvalue weighted by molar-refractivity contribution is 4.88. The molecule has 1 heterocycles. The highest BCUT2D eigenvalue weighted by atomic mass is 19.1. The Kier molecular flexibility index (Phi) is 2.50. The molecule has 1 unspecified atom stereocenters. The summed E-state index contributed by atoms with van der Waals surface area (Å²) in [5.41, 5.74) is 0.371. The molecule has 2 nitrogen and oxygen atoms in total. The van der Waals surface area contributed by atoms with E-state index < -0.39 is 12.8 Å². The molecule has 1 aliphatic heterocycles. The maximum absolute atomic E-state index is 11.8. The average molecular weight is 161 g/mol. The number of aliphatic hydroxyl groups is 1. The van der Waals surface area contributed by atoms with Gasteiger partial charge in [0.1, 0.15) is 6.67 Å². The Bertz CT molecular complexity index is 130. The summed E-state index contributed by atoms with van der Waals surface area (Å²) in [6.07, 6.45) is -0.786. The van der Waals surface area contributed by atoms with Crippen molar-refractivity contribution in [1.82, 2.24) is 4.90 Å². The van der Waals surface area contributed by atoms with Gasteiger partial charge in [-0.1, -0.05) is 13.8 Å². The Labute approximate surface area is 67.0 Å². The molecular formula is C8H16FNO. The molecule has 11 heavy (non-hydrogen) atoms. The Morgan fingerprint density at radius 2 is 2.09 bits per heavy atom. The minimum atomic E-state index is -0.786. The fourth-order valence-electron chi connectivity index (χ4n) is 1.64. The molecule has 66 valence electrons. The standard InChI is InChI=1S/C8H16FNO/c1-8(2)5-10(6-8)4-7(11)3-9/h7,11H,3-6H2,1-2H3. The fraction of sp³-hybridized carbons (Fsp3) is 1.00. The van der Waals surface area contributed by atoms with E-state index in [4.69, 9.17) is 5.11 Å². The summed E-state index contributed by atoms with van der Waals surface area (Å²) < 4.78 is 11.8. The number of hydrogen-bond donors (Lipinski definition) is 1. The summed E-state index contributed by atoms with van der Waals surface area (Å²) in [4.78, 5) is 2.07. The molecule has 0 saturated carbocycles. The van der Waals surface area contributed by atoms with Crippen molar-refractivity contribution in [3.8, 4) is 0 Å². The number of rotatable bonds is 3.